The number of esters is 1. The van der Waals surface area contributed by atoms with Crippen LogP contribution >= 0.6 is 0 Å². The van der Waals surface area contributed by atoms with Crippen LogP contribution in [0.3, 0.4) is 0 Å². The van der Waals surface area contributed by atoms with Crippen LogP contribution in [0.2, 0.25) is 0 Å². The zero-order chi connectivity index (χ0) is 19.6. The average Bonchev–Trinajstić information content (AvgIpc) is 3.06. The SMILES string of the molecule is COc1ccccc1C(=O)Oc1cc(C(C)(C)C)nn1-c1cccc(F)c1. The second kappa shape index (κ2) is 7.23. The van der Waals surface area contributed by atoms with Crippen LogP contribution in [-0.4, -0.2) is 22.9 Å². The first-order valence-electron chi connectivity index (χ1n) is 8.51. The van der Waals surface area contributed by atoms with E-state index in [0.29, 0.717) is 17.0 Å². The van der Waals surface area contributed by atoms with Gasteiger partial charge in [0.15, 0.2) is 0 Å². The number of carbonyl (C=O) groups excluding carboxylic acids is 1. The third-order valence-electron chi connectivity index (χ3n) is 4.02. The molecule has 0 spiro atoms. The van der Waals surface area contributed by atoms with Crippen LogP contribution in [0.4, 0.5) is 4.39 Å². The fraction of sp³-hybridized carbons (Fsp3) is 0.238. The van der Waals surface area contributed by atoms with Crippen molar-refractivity contribution >= 4 is 5.97 Å². The average molecular weight is 368 g/mol. The fourth-order valence-corrected chi connectivity index (χ4v) is 2.56. The van der Waals surface area contributed by atoms with Gasteiger partial charge in [-0.25, -0.2) is 13.9 Å². The summed E-state index contributed by atoms with van der Waals surface area (Å²) in [6.07, 6.45) is 0. The van der Waals surface area contributed by atoms with Crippen molar-refractivity contribution in [2.24, 2.45) is 0 Å². The smallest absolute Gasteiger partial charge is 0.348 e. The van der Waals surface area contributed by atoms with E-state index >= 15 is 0 Å². The maximum atomic E-state index is 13.7. The molecule has 3 rings (SSSR count). The van der Waals surface area contributed by atoms with Crippen LogP contribution in [0.15, 0.2) is 54.6 Å². The minimum Gasteiger partial charge on any atom is -0.496 e. The number of carbonyl (C=O) groups is 1. The number of nitrogens with zero attached hydrogens (tertiary/aromatic N) is 2. The van der Waals surface area contributed by atoms with Crippen LogP contribution < -0.4 is 9.47 Å². The van der Waals surface area contributed by atoms with Gasteiger partial charge in [-0.2, -0.15) is 5.10 Å². The highest BCUT2D eigenvalue weighted by Crippen LogP contribution is 2.29. The Bertz CT molecular complexity index is 974. The molecule has 0 N–H and O–H groups in total. The van der Waals surface area contributed by atoms with Crippen molar-refractivity contribution in [1.29, 1.82) is 0 Å². The highest BCUT2D eigenvalue weighted by molar-refractivity contribution is 5.93. The number of halogens is 1. The molecular weight excluding hydrogens is 347 g/mol. The first-order valence-corrected chi connectivity index (χ1v) is 8.51. The van der Waals surface area contributed by atoms with Gasteiger partial charge in [0.05, 0.1) is 18.5 Å². The molecule has 0 atom stereocenters. The van der Waals surface area contributed by atoms with Crippen LogP contribution in [-0.2, 0) is 5.41 Å². The Morgan fingerprint density at radius 2 is 1.81 bits per heavy atom. The van der Waals surface area contributed by atoms with Gasteiger partial charge in [-0.15, -0.1) is 0 Å². The lowest BCUT2D eigenvalue weighted by atomic mass is 9.93. The fourth-order valence-electron chi connectivity index (χ4n) is 2.56. The van der Waals surface area contributed by atoms with Gasteiger partial charge >= 0.3 is 5.97 Å². The van der Waals surface area contributed by atoms with Gasteiger partial charge < -0.3 is 9.47 Å². The summed E-state index contributed by atoms with van der Waals surface area (Å²) >= 11 is 0. The van der Waals surface area contributed by atoms with Crippen molar-refractivity contribution in [3.05, 3.63) is 71.7 Å². The van der Waals surface area contributed by atoms with Crippen molar-refractivity contribution in [2.45, 2.75) is 26.2 Å². The first kappa shape index (κ1) is 18.6. The third kappa shape index (κ3) is 4.00. The van der Waals surface area contributed by atoms with Gasteiger partial charge in [0, 0.05) is 11.5 Å². The molecule has 6 heteroatoms. The molecule has 0 radical (unpaired) electrons. The second-order valence-electron chi connectivity index (χ2n) is 7.10. The van der Waals surface area contributed by atoms with E-state index in [0.717, 1.165) is 5.69 Å². The lowest BCUT2D eigenvalue weighted by Crippen LogP contribution is -2.13. The predicted molar refractivity (Wildman–Crippen MR) is 100 cm³/mol. The minimum absolute atomic E-state index is 0.210. The lowest BCUT2D eigenvalue weighted by Gasteiger charge is -2.13. The van der Waals surface area contributed by atoms with Crippen molar-refractivity contribution in [1.82, 2.24) is 9.78 Å². The molecule has 0 bridgehead atoms. The van der Waals surface area contributed by atoms with Gasteiger partial charge in [-0.1, -0.05) is 39.0 Å². The Hall–Kier alpha value is -3.15. The maximum Gasteiger partial charge on any atom is 0.348 e. The molecule has 27 heavy (non-hydrogen) atoms. The molecule has 0 unspecified atom stereocenters. The maximum absolute atomic E-state index is 13.7. The molecule has 5 nitrogen and oxygen atoms in total. The third-order valence-corrected chi connectivity index (χ3v) is 4.02. The Morgan fingerprint density at radius 1 is 1.07 bits per heavy atom. The van der Waals surface area contributed by atoms with E-state index in [2.05, 4.69) is 5.10 Å². The summed E-state index contributed by atoms with van der Waals surface area (Å²) in [6.45, 7) is 5.99. The monoisotopic (exact) mass is 368 g/mol. The van der Waals surface area contributed by atoms with Crippen LogP contribution in [0.5, 0.6) is 11.6 Å². The van der Waals surface area contributed by atoms with Crippen molar-refractivity contribution in [2.75, 3.05) is 7.11 Å². The highest BCUT2D eigenvalue weighted by Gasteiger charge is 2.24. The molecule has 0 saturated heterocycles. The van der Waals surface area contributed by atoms with Crippen LogP contribution in [0.1, 0.15) is 36.8 Å². The molecule has 0 fully saturated rings. The molecule has 2 aromatic carbocycles. The molecule has 1 aromatic heterocycles. The summed E-state index contributed by atoms with van der Waals surface area (Å²) in [4.78, 5) is 12.7. The molecule has 140 valence electrons. The number of benzene rings is 2. The standard InChI is InChI=1S/C21H21FN2O3/c1-21(2,3)18-13-19(24(23-18)15-9-7-8-14(22)12-15)27-20(25)16-10-5-6-11-17(16)26-4/h5-13H,1-4H3. The van der Waals surface area contributed by atoms with Crippen LogP contribution in [0.25, 0.3) is 5.69 Å². The molecule has 0 aliphatic rings. The summed E-state index contributed by atoms with van der Waals surface area (Å²) in [5, 5.41) is 4.52. The Labute approximate surface area is 157 Å². The number of hydrogen-bond donors (Lipinski definition) is 0. The highest BCUT2D eigenvalue weighted by atomic mass is 19.1. The Morgan fingerprint density at radius 3 is 2.48 bits per heavy atom. The number of para-hydroxylation sites is 1. The van der Waals surface area contributed by atoms with Crippen molar-refractivity contribution < 1.29 is 18.7 Å². The van der Waals surface area contributed by atoms with Crippen molar-refractivity contribution in [3.8, 4) is 17.3 Å². The van der Waals surface area contributed by atoms with Crippen molar-refractivity contribution in [3.63, 3.8) is 0 Å². The number of aromatic nitrogens is 2. The molecule has 3 aromatic rings. The normalized spacial score (nSPS) is 11.3. The quantitative estimate of drug-likeness (QED) is 0.635. The van der Waals surface area contributed by atoms with E-state index in [4.69, 9.17) is 9.47 Å². The molecule has 0 amide bonds. The van der Waals surface area contributed by atoms with E-state index in [1.54, 1.807) is 42.5 Å². The van der Waals surface area contributed by atoms with Gasteiger partial charge in [0.25, 0.3) is 0 Å². The number of methoxy groups -OCH3 is 1. The first-order chi connectivity index (χ1) is 12.8. The number of hydrogen-bond acceptors (Lipinski definition) is 4. The lowest BCUT2D eigenvalue weighted by molar-refractivity contribution is 0.0719. The Kier molecular flexibility index (Phi) is 4.99. The topological polar surface area (TPSA) is 53.4 Å². The second-order valence-corrected chi connectivity index (χ2v) is 7.10. The molecule has 1 heterocycles. The van der Waals surface area contributed by atoms with E-state index in [1.807, 2.05) is 20.8 Å². The summed E-state index contributed by atoms with van der Waals surface area (Å²) < 4.78 is 25.9. The number of rotatable bonds is 4. The number of ether oxygens (including phenoxy) is 2. The molecule has 0 aliphatic heterocycles. The largest absolute Gasteiger partial charge is 0.496 e. The summed E-state index contributed by atoms with van der Waals surface area (Å²) in [6, 6.07) is 14.4. The van der Waals surface area contributed by atoms with Gasteiger partial charge in [0.2, 0.25) is 5.88 Å². The zero-order valence-corrected chi connectivity index (χ0v) is 15.7. The summed E-state index contributed by atoms with van der Waals surface area (Å²) in [5.74, 6) is -0.357. The summed E-state index contributed by atoms with van der Waals surface area (Å²) in [7, 11) is 1.49. The van der Waals surface area contributed by atoms with Gasteiger partial charge in [-0.3, -0.25) is 0 Å². The molecule has 0 saturated carbocycles. The van der Waals surface area contributed by atoms with E-state index in [-0.39, 0.29) is 11.3 Å². The Balaban J connectivity index is 2.03. The molecule has 0 aliphatic carbocycles. The van der Waals surface area contributed by atoms with E-state index in [9.17, 15) is 9.18 Å². The van der Waals surface area contributed by atoms with E-state index in [1.165, 1.54) is 23.9 Å². The van der Waals surface area contributed by atoms with E-state index < -0.39 is 11.8 Å². The minimum atomic E-state index is -0.578. The van der Waals surface area contributed by atoms with Gasteiger partial charge in [-0.05, 0) is 30.3 Å². The zero-order valence-electron chi connectivity index (χ0n) is 15.7. The summed E-state index contributed by atoms with van der Waals surface area (Å²) in [5.41, 5.74) is 1.21. The van der Waals surface area contributed by atoms with Gasteiger partial charge in [0.1, 0.15) is 17.1 Å². The van der Waals surface area contributed by atoms with Crippen LogP contribution in [0, 0.1) is 5.82 Å². The predicted octanol–water partition coefficient (Wildman–Crippen LogP) is 4.54. The molecular formula is C21H21FN2O3.